The van der Waals surface area contributed by atoms with Gasteiger partial charge in [0.25, 0.3) is 0 Å². The van der Waals surface area contributed by atoms with E-state index in [1.54, 1.807) is 4.90 Å². The average Bonchev–Trinajstić information content (AvgIpc) is 2.92. The van der Waals surface area contributed by atoms with Gasteiger partial charge in [0, 0.05) is 19.1 Å². The summed E-state index contributed by atoms with van der Waals surface area (Å²) >= 11 is 0. The number of amides is 1. The molecular weight excluding hydrogens is 260 g/mol. The fraction of sp³-hybridized carbons (Fsp3) is 0.857. The largest absolute Gasteiger partial charge is 0.481 e. The zero-order valence-electron chi connectivity index (χ0n) is 12.0. The van der Waals surface area contributed by atoms with E-state index in [-0.39, 0.29) is 23.8 Å². The van der Waals surface area contributed by atoms with Crippen LogP contribution in [-0.4, -0.2) is 60.8 Å². The number of carbonyl (C=O) groups is 2. The van der Waals surface area contributed by atoms with Crippen molar-refractivity contribution in [2.24, 2.45) is 11.8 Å². The van der Waals surface area contributed by atoms with Gasteiger partial charge in [-0.2, -0.15) is 0 Å². The molecule has 0 aromatic heterocycles. The lowest BCUT2D eigenvalue weighted by atomic mass is 9.94. The lowest BCUT2D eigenvalue weighted by Gasteiger charge is -2.33. The van der Waals surface area contributed by atoms with Gasteiger partial charge in [-0.05, 0) is 25.8 Å². The number of carboxylic acid groups (broad SMARTS) is 1. The van der Waals surface area contributed by atoms with Crippen LogP contribution >= 0.6 is 0 Å². The Hall–Kier alpha value is -1.14. The Labute approximate surface area is 119 Å². The summed E-state index contributed by atoms with van der Waals surface area (Å²) in [6.45, 7) is 5.13. The number of likely N-dealkylation sites (tertiary alicyclic amines) is 1. The number of aliphatic carboxylic acids is 1. The highest BCUT2D eigenvalue weighted by Gasteiger charge is 2.37. The quantitative estimate of drug-likeness (QED) is 0.760. The predicted molar refractivity (Wildman–Crippen MR) is 73.3 cm³/mol. The molecule has 2 saturated heterocycles. The van der Waals surface area contributed by atoms with Crippen molar-refractivity contribution in [2.75, 3.05) is 32.8 Å². The van der Waals surface area contributed by atoms with Crippen molar-refractivity contribution in [3.8, 4) is 0 Å². The van der Waals surface area contributed by atoms with E-state index in [9.17, 15) is 9.59 Å². The predicted octanol–water partition coefficient (Wildman–Crippen LogP) is 0.324. The van der Waals surface area contributed by atoms with Crippen molar-refractivity contribution in [3.63, 3.8) is 0 Å². The van der Waals surface area contributed by atoms with Gasteiger partial charge >= 0.3 is 5.97 Å². The van der Waals surface area contributed by atoms with Crippen LogP contribution in [-0.2, 0) is 14.3 Å². The zero-order valence-corrected chi connectivity index (χ0v) is 12.0. The second kappa shape index (κ2) is 7.04. The number of carbonyl (C=O) groups excluding carboxylic acids is 1. The Morgan fingerprint density at radius 2 is 2.00 bits per heavy atom. The molecule has 0 saturated carbocycles. The average molecular weight is 284 g/mol. The van der Waals surface area contributed by atoms with E-state index < -0.39 is 5.97 Å². The molecule has 2 unspecified atom stereocenters. The van der Waals surface area contributed by atoms with Crippen LogP contribution in [0.25, 0.3) is 0 Å². The van der Waals surface area contributed by atoms with Crippen LogP contribution in [0.4, 0.5) is 0 Å². The maximum absolute atomic E-state index is 12.5. The molecule has 2 aliphatic rings. The highest BCUT2D eigenvalue weighted by atomic mass is 16.5. The third-order valence-corrected chi connectivity index (χ3v) is 4.21. The third-order valence-electron chi connectivity index (χ3n) is 4.21. The molecule has 0 aromatic rings. The van der Waals surface area contributed by atoms with E-state index in [2.05, 4.69) is 12.2 Å². The van der Waals surface area contributed by atoms with Crippen LogP contribution in [0, 0.1) is 11.8 Å². The van der Waals surface area contributed by atoms with Crippen molar-refractivity contribution in [1.29, 1.82) is 0 Å². The highest BCUT2D eigenvalue weighted by Crippen LogP contribution is 2.22. The fourth-order valence-electron chi connectivity index (χ4n) is 2.91. The van der Waals surface area contributed by atoms with Gasteiger partial charge in [0.2, 0.25) is 5.91 Å². The first-order valence-electron chi connectivity index (χ1n) is 7.46. The summed E-state index contributed by atoms with van der Waals surface area (Å²) in [6, 6.07) is 0.0969. The van der Waals surface area contributed by atoms with E-state index in [1.807, 2.05) is 0 Å². The van der Waals surface area contributed by atoms with Crippen molar-refractivity contribution in [3.05, 3.63) is 0 Å². The summed E-state index contributed by atoms with van der Waals surface area (Å²) in [5, 5.41) is 12.3. The molecular formula is C14H24N2O4. The number of nitrogens with zero attached hydrogens (tertiary/aromatic N) is 1. The number of hydrogen-bond donors (Lipinski definition) is 2. The van der Waals surface area contributed by atoms with Crippen molar-refractivity contribution < 1.29 is 19.4 Å². The summed E-state index contributed by atoms with van der Waals surface area (Å²) in [4.78, 5) is 25.2. The molecule has 114 valence electrons. The van der Waals surface area contributed by atoms with Crippen LogP contribution in [0.5, 0.6) is 0 Å². The van der Waals surface area contributed by atoms with Gasteiger partial charge in [-0.1, -0.05) is 6.92 Å². The van der Waals surface area contributed by atoms with Crippen LogP contribution in [0.15, 0.2) is 0 Å². The molecule has 0 aliphatic carbocycles. The number of rotatable bonds is 5. The van der Waals surface area contributed by atoms with Crippen molar-refractivity contribution in [2.45, 2.75) is 32.2 Å². The maximum Gasteiger partial charge on any atom is 0.306 e. The summed E-state index contributed by atoms with van der Waals surface area (Å²) in [5.74, 6) is -1.06. The summed E-state index contributed by atoms with van der Waals surface area (Å²) in [5.41, 5.74) is 0. The molecule has 0 bridgehead atoms. The molecule has 20 heavy (non-hydrogen) atoms. The van der Waals surface area contributed by atoms with Gasteiger partial charge in [0.1, 0.15) is 0 Å². The molecule has 2 aliphatic heterocycles. The van der Waals surface area contributed by atoms with Crippen LogP contribution in [0.2, 0.25) is 0 Å². The highest BCUT2D eigenvalue weighted by molar-refractivity contribution is 5.80. The van der Waals surface area contributed by atoms with Crippen LogP contribution < -0.4 is 5.32 Å². The van der Waals surface area contributed by atoms with Gasteiger partial charge in [0.15, 0.2) is 0 Å². The standard InChI is InChI=1S/C14H24N2O4/c1-2-5-15-12-9-20-8-11(12)13(17)16-6-3-10(4-7-16)14(18)19/h10-12,15H,2-9H2,1H3,(H,18,19). The third kappa shape index (κ3) is 3.49. The molecule has 2 N–H and O–H groups in total. The smallest absolute Gasteiger partial charge is 0.306 e. The Morgan fingerprint density at radius 1 is 1.30 bits per heavy atom. The first kappa shape index (κ1) is 15.3. The van der Waals surface area contributed by atoms with E-state index in [0.717, 1.165) is 13.0 Å². The van der Waals surface area contributed by atoms with Gasteiger partial charge in [0.05, 0.1) is 25.0 Å². The molecule has 6 nitrogen and oxygen atoms in total. The number of carboxylic acids is 1. The number of piperidine rings is 1. The topological polar surface area (TPSA) is 78.9 Å². The van der Waals surface area contributed by atoms with Crippen molar-refractivity contribution >= 4 is 11.9 Å². The summed E-state index contributed by atoms with van der Waals surface area (Å²) in [7, 11) is 0. The van der Waals surface area contributed by atoms with Gasteiger partial charge in [-0.25, -0.2) is 0 Å². The SMILES string of the molecule is CCCNC1COCC1C(=O)N1CCC(C(=O)O)CC1. The van der Waals surface area contributed by atoms with Gasteiger partial charge in [-0.3, -0.25) is 9.59 Å². The first-order chi connectivity index (χ1) is 9.63. The minimum atomic E-state index is -0.746. The normalized spacial score (nSPS) is 27.8. The lowest BCUT2D eigenvalue weighted by molar-refractivity contribution is -0.146. The molecule has 2 rings (SSSR count). The minimum Gasteiger partial charge on any atom is -0.481 e. The lowest BCUT2D eigenvalue weighted by Crippen LogP contribution is -2.48. The Balaban J connectivity index is 1.86. The zero-order chi connectivity index (χ0) is 14.5. The maximum atomic E-state index is 12.5. The molecule has 0 spiro atoms. The minimum absolute atomic E-state index is 0.0969. The Morgan fingerprint density at radius 3 is 2.60 bits per heavy atom. The van der Waals surface area contributed by atoms with Crippen LogP contribution in [0.3, 0.4) is 0 Å². The number of hydrogen-bond acceptors (Lipinski definition) is 4. The second-order valence-corrected chi connectivity index (χ2v) is 5.64. The second-order valence-electron chi connectivity index (χ2n) is 5.64. The molecule has 2 heterocycles. The first-order valence-corrected chi connectivity index (χ1v) is 7.46. The van der Waals surface area contributed by atoms with E-state index >= 15 is 0 Å². The summed E-state index contributed by atoms with van der Waals surface area (Å²) < 4.78 is 5.43. The van der Waals surface area contributed by atoms with Gasteiger partial charge in [-0.15, -0.1) is 0 Å². The van der Waals surface area contributed by atoms with E-state index in [4.69, 9.17) is 9.84 Å². The molecule has 0 radical (unpaired) electrons. The number of nitrogens with one attached hydrogen (secondary N) is 1. The molecule has 1 amide bonds. The molecule has 2 fully saturated rings. The molecule has 6 heteroatoms. The van der Waals surface area contributed by atoms with E-state index in [1.165, 1.54) is 0 Å². The Kier molecular flexibility index (Phi) is 5.37. The fourth-order valence-corrected chi connectivity index (χ4v) is 2.91. The monoisotopic (exact) mass is 284 g/mol. The molecule has 0 aromatic carbocycles. The number of ether oxygens (including phenoxy) is 1. The van der Waals surface area contributed by atoms with Crippen LogP contribution in [0.1, 0.15) is 26.2 Å². The summed E-state index contributed by atoms with van der Waals surface area (Å²) in [6.07, 6.45) is 2.14. The Bertz CT molecular complexity index is 353. The van der Waals surface area contributed by atoms with Gasteiger partial charge < -0.3 is 20.1 Å². The van der Waals surface area contributed by atoms with E-state index in [0.29, 0.717) is 39.1 Å². The molecule has 2 atom stereocenters. The van der Waals surface area contributed by atoms with Crippen molar-refractivity contribution in [1.82, 2.24) is 10.2 Å².